The number of carbonyl (C=O) groups excluding carboxylic acids is 2. The predicted molar refractivity (Wildman–Crippen MR) is 113 cm³/mol. The number of anilines is 1. The zero-order valence-electron chi connectivity index (χ0n) is 17.0. The lowest BCUT2D eigenvalue weighted by Gasteiger charge is -2.28. The van der Waals surface area contributed by atoms with Gasteiger partial charge in [0.15, 0.2) is 5.79 Å². The van der Waals surface area contributed by atoms with Crippen LogP contribution in [0.2, 0.25) is 0 Å². The van der Waals surface area contributed by atoms with E-state index in [1.807, 2.05) is 24.3 Å². The van der Waals surface area contributed by atoms with E-state index in [0.29, 0.717) is 37.3 Å². The van der Waals surface area contributed by atoms with Gasteiger partial charge in [-0.1, -0.05) is 18.2 Å². The molecule has 2 heterocycles. The number of hydrogen-bond acceptors (Lipinski definition) is 6. The molecule has 4 rings (SSSR count). The minimum atomic E-state index is -0.874. The number of benzene rings is 2. The Labute approximate surface area is 175 Å². The highest BCUT2D eigenvalue weighted by atomic mass is 16.7. The van der Waals surface area contributed by atoms with Gasteiger partial charge >= 0.3 is 5.97 Å². The maximum Gasteiger partial charge on any atom is 0.337 e. The number of nitrogens with two attached hydrogens (primary N) is 1. The molecule has 30 heavy (non-hydrogen) atoms. The zero-order valence-corrected chi connectivity index (χ0v) is 17.0. The van der Waals surface area contributed by atoms with Crippen LogP contribution in [0.1, 0.15) is 33.5 Å². The number of amides is 1. The number of fused-ring (bicyclic) bond motifs is 1. The molecular weight excluding hydrogens is 384 g/mol. The van der Waals surface area contributed by atoms with E-state index in [9.17, 15) is 9.59 Å². The normalized spacial score (nSPS) is 18.7. The first-order valence-electron chi connectivity index (χ1n) is 9.80. The molecule has 1 amide bonds. The van der Waals surface area contributed by atoms with E-state index in [1.165, 1.54) is 7.11 Å². The van der Waals surface area contributed by atoms with Crippen molar-refractivity contribution in [2.24, 2.45) is 5.73 Å². The Bertz CT molecular complexity index is 1010. The van der Waals surface area contributed by atoms with Crippen molar-refractivity contribution in [1.29, 1.82) is 0 Å². The lowest BCUT2D eigenvalue weighted by atomic mass is 9.96. The first kappa shape index (κ1) is 20.3. The van der Waals surface area contributed by atoms with Gasteiger partial charge in [0.2, 0.25) is 0 Å². The molecule has 0 radical (unpaired) electrons. The summed E-state index contributed by atoms with van der Waals surface area (Å²) in [5.41, 5.74) is 10.1. The van der Waals surface area contributed by atoms with E-state index < -0.39 is 11.8 Å². The second-order valence-electron chi connectivity index (χ2n) is 7.26. The summed E-state index contributed by atoms with van der Waals surface area (Å²) in [5, 5.41) is 0. The van der Waals surface area contributed by atoms with Gasteiger partial charge in [-0.2, -0.15) is 0 Å². The number of rotatable bonds is 5. The van der Waals surface area contributed by atoms with E-state index in [0.717, 1.165) is 22.4 Å². The fourth-order valence-corrected chi connectivity index (χ4v) is 3.93. The van der Waals surface area contributed by atoms with Crippen LogP contribution >= 0.6 is 0 Å². The standard InChI is InChI=1S/C23H24N2O5/c1-25-20-8-7-17(23(9-10-24)29-11-12-30-23)14-18(20)19(21(25)26)13-15-3-5-16(6-4-15)22(27)28-2/h3-8,13-14H,9-12,24H2,1-2H3/b19-13-. The Kier molecular flexibility index (Phi) is 5.42. The summed E-state index contributed by atoms with van der Waals surface area (Å²) in [6, 6.07) is 12.7. The van der Waals surface area contributed by atoms with Crippen LogP contribution in [0.4, 0.5) is 5.69 Å². The van der Waals surface area contributed by atoms with Crippen molar-refractivity contribution in [3.63, 3.8) is 0 Å². The molecule has 1 fully saturated rings. The van der Waals surface area contributed by atoms with E-state index in [4.69, 9.17) is 19.9 Å². The fourth-order valence-electron chi connectivity index (χ4n) is 3.93. The maximum absolute atomic E-state index is 12.9. The molecule has 2 aromatic rings. The van der Waals surface area contributed by atoms with Gasteiger partial charge in [-0.15, -0.1) is 0 Å². The minimum Gasteiger partial charge on any atom is -0.465 e. The van der Waals surface area contributed by atoms with Crippen LogP contribution in [-0.4, -0.2) is 45.8 Å². The quantitative estimate of drug-likeness (QED) is 0.604. The topological polar surface area (TPSA) is 91.1 Å². The van der Waals surface area contributed by atoms with Crippen molar-refractivity contribution in [2.75, 3.05) is 38.8 Å². The van der Waals surface area contributed by atoms with Crippen molar-refractivity contribution in [1.82, 2.24) is 0 Å². The molecule has 0 bridgehead atoms. The molecule has 156 valence electrons. The summed E-state index contributed by atoms with van der Waals surface area (Å²) in [6.45, 7) is 1.43. The third-order valence-corrected chi connectivity index (χ3v) is 5.49. The summed E-state index contributed by atoms with van der Waals surface area (Å²) in [6.07, 6.45) is 2.35. The van der Waals surface area contributed by atoms with E-state index in [-0.39, 0.29) is 5.91 Å². The van der Waals surface area contributed by atoms with Crippen LogP contribution in [-0.2, 0) is 24.8 Å². The Hall–Kier alpha value is -3.00. The molecular formula is C23H24N2O5. The van der Waals surface area contributed by atoms with E-state index in [2.05, 4.69) is 0 Å². The lowest BCUT2D eigenvalue weighted by molar-refractivity contribution is -0.168. The van der Waals surface area contributed by atoms with Crippen LogP contribution in [0, 0.1) is 0 Å². The fraction of sp³-hybridized carbons (Fsp3) is 0.304. The molecule has 7 heteroatoms. The van der Waals surface area contributed by atoms with Crippen molar-refractivity contribution in [3.05, 3.63) is 64.7 Å². The van der Waals surface area contributed by atoms with Crippen LogP contribution in [0.3, 0.4) is 0 Å². The van der Waals surface area contributed by atoms with Crippen molar-refractivity contribution >= 4 is 29.2 Å². The van der Waals surface area contributed by atoms with Gasteiger partial charge < -0.3 is 24.8 Å². The molecule has 0 aliphatic carbocycles. The molecule has 2 aliphatic rings. The first-order valence-corrected chi connectivity index (χ1v) is 9.80. The van der Waals surface area contributed by atoms with Gasteiger partial charge in [-0.25, -0.2) is 4.79 Å². The van der Waals surface area contributed by atoms with E-state index >= 15 is 0 Å². The third-order valence-electron chi connectivity index (χ3n) is 5.49. The Morgan fingerprint density at radius 2 is 1.90 bits per heavy atom. The number of likely N-dealkylation sites (N-methyl/N-ethyl adjacent to an activating group) is 1. The number of carbonyl (C=O) groups is 2. The van der Waals surface area contributed by atoms with Gasteiger partial charge in [-0.3, -0.25) is 4.79 Å². The maximum atomic E-state index is 12.9. The van der Waals surface area contributed by atoms with Crippen molar-refractivity contribution < 1.29 is 23.8 Å². The molecule has 0 saturated carbocycles. The van der Waals surface area contributed by atoms with Gasteiger partial charge in [0.1, 0.15) is 0 Å². The predicted octanol–water partition coefficient (Wildman–Crippen LogP) is 2.54. The average molecular weight is 408 g/mol. The number of methoxy groups -OCH3 is 1. The smallest absolute Gasteiger partial charge is 0.337 e. The number of esters is 1. The molecule has 0 aromatic heterocycles. The second-order valence-corrected chi connectivity index (χ2v) is 7.26. The number of hydrogen-bond donors (Lipinski definition) is 1. The van der Waals surface area contributed by atoms with Crippen LogP contribution in [0.15, 0.2) is 42.5 Å². The summed E-state index contributed by atoms with van der Waals surface area (Å²) >= 11 is 0. The van der Waals surface area contributed by atoms with Crippen molar-refractivity contribution in [2.45, 2.75) is 12.2 Å². The number of nitrogens with zero attached hydrogens (tertiary/aromatic N) is 1. The summed E-state index contributed by atoms with van der Waals surface area (Å²) < 4.78 is 16.6. The monoisotopic (exact) mass is 408 g/mol. The summed E-state index contributed by atoms with van der Waals surface area (Å²) in [4.78, 5) is 26.2. The largest absolute Gasteiger partial charge is 0.465 e. The van der Waals surface area contributed by atoms with Crippen LogP contribution in [0.5, 0.6) is 0 Å². The molecule has 2 N–H and O–H groups in total. The Morgan fingerprint density at radius 3 is 2.53 bits per heavy atom. The molecule has 2 aromatic carbocycles. The van der Waals surface area contributed by atoms with Crippen LogP contribution in [0.25, 0.3) is 11.6 Å². The van der Waals surface area contributed by atoms with Gasteiger partial charge in [0, 0.05) is 30.2 Å². The molecule has 0 spiro atoms. The summed E-state index contributed by atoms with van der Waals surface area (Å²) in [5.74, 6) is -1.37. The SMILES string of the molecule is COC(=O)c1ccc(/C=C2\C(=O)N(C)c3ccc(C4(CCN)OCCO4)cc32)cc1. The Balaban J connectivity index is 1.74. The first-order chi connectivity index (χ1) is 14.5. The highest BCUT2D eigenvalue weighted by molar-refractivity contribution is 6.35. The van der Waals surface area contributed by atoms with Gasteiger partial charge in [0.25, 0.3) is 5.91 Å². The van der Waals surface area contributed by atoms with Crippen LogP contribution < -0.4 is 10.6 Å². The Morgan fingerprint density at radius 1 is 1.20 bits per heavy atom. The molecule has 1 saturated heterocycles. The van der Waals surface area contributed by atoms with Gasteiger partial charge in [0.05, 0.1) is 31.6 Å². The molecule has 2 aliphatic heterocycles. The molecule has 0 atom stereocenters. The number of ether oxygens (including phenoxy) is 3. The lowest BCUT2D eigenvalue weighted by Crippen LogP contribution is -2.30. The zero-order chi connectivity index (χ0) is 21.3. The average Bonchev–Trinajstić information content (AvgIpc) is 3.34. The summed E-state index contributed by atoms with van der Waals surface area (Å²) in [7, 11) is 3.09. The van der Waals surface area contributed by atoms with Gasteiger partial charge in [-0.05, 0) is 42.4 Å². The highest BCUT2D eigenvalue weighted by Gasteiger charge is 2.40. The molecule has 7 nitrogen and oxygen atoms in total. The van der Waals surface area contributed by atoms with E-state index in [1.54, 1.807) is 36.2 Å². The third kappa shape index (κ3) is 3.41. The second kappa shape index (κ2) is 8.02. The molecule has 0 unspecified atom stereocenters. The highest BCUT2D eigenvalue weighted by Crippen LogP contribution is 2.42. The van der Waals surface area contributed by atoms with Crippen molar-refractivity contribution in [3.8, 4) is 0 Å². The minimum absolute atomic E-state index is 0.0969.